The van der Waals surface area contributed by atoms with Gasteiger partial charge in [0.25, 0.3) is 0 Å². The maximum Gasteiger partial charge on any atom is 0.0406 e. The van der Waals surface area contributed by atoms with Crippen molar-refractivity contribution >= 4 is 11.6 Å². The third kappa shape index (κ3) is 4.47. The summed E-state index contributed by atoms with van der Waals surface area (Å²) in [6.45, 7) is 12.7. The number of allylic oxidation sites excluding steroid dienone is 1. The van der Waals surface area contributed by atoms with E-state index >= 15 is 0 Å². The van der Waals surface area contributed by atoms with E-state index in [1.165, 1.54) is 11.1 Å². The molecular weight excluding hydrogens is 242 g/mol. The first kappa shape index (κ1) is 15.3. The van der Waals surface area contributed by atoms with Crippen molar-refractivity contribution < 1.29 is 0 Å². The van der Waals surface area contributed by atoms with Gasteiger partial charge in [-0.1, -0.05) is 49.7 Å². The monoisotopic (exact) mass is 265 g/mol. The second kappa shape index (κ2) is 5.90. The van der Waals surface area contributed by atoms with Gasteiger partial charge in [0.1, 0.15) is 0 Å². The van der Waals surface area contributed by atoms with Gasteiger partial charge in [0.05, 0.1) is 0 Å². The number of rotatable bonds is 5. The molecule has 0 bridgehead atoms. The van der Waals surface area contributed by atoms with Crippen LogP contribution in [0.4, 0.5) is 0 Å². The summed E-state index contributed by atoms with van der Waals surface area (Å²) < 4.78 is 0. The van der Waals surface area contributed by atoms with Crippen LogP contribution in [0.15, 0.2) is 36.4 Å². The van der Waals surface area contributed by atoms with Crippen molar-refractivity contribution in [1.82, 2.24) is 0 Å². The molecule has 0 amide bonds. The molecule has 0 saturated heterocycles. The molecule has 0 unspecified atom stereocenters. The Labute approximate surface area is 116 Å². The summed E-state index contributed by atoms with van der Waals surface area (Å²) >= 11 is 5.94. The number of halogens is 1. The highest BCUT2D eigenvalue weighted by Gasteiger charge is 2.24. The Kier molecular flexibility index (Phi) is 5.01. The zero-order chi connectivity index (χ0) is 13.9. The van der Waals surface area contributed by atoms with Gasteiger partial charge in [-0.25, -0.2) is 0 Å². The maximum absolute atomic E-state index is 6.17. The molecule has 0 radical (unpaired) electrons. The van der Waals surface area contributed by atoms with E-state index in [1.807, 2.05) is 12.1 Å². The number of benzene rings is 1. The molecule has 100 valence electrons. The Morgan fingerprint density at radius 3 is 2.17 bits per heavy atom. The van der Waals surface area contributed by atoms with E-state index in [0.29, 0.717) is 11.8 Å². The summed E-state index contributed by atoms with van der Waals surface area (Å²) in [6.07, 6.45) is 0.894. The van der Waals surface area contributed by atoms with Crippen LogP contribution >= 0.6 is 11.6 Å². The molecule has 0 saturated carbocycles. The highest BCUT2D eigenvalue weighted by atomic mass is 35.5. The van der Waals surface area contributed by atoms with Crippen LogP contribution in [0.3, 0.4) is 0 Å². The van der Waals surface area contributed by atoms with Crippen molar-refractivity contribution in [3.05, 3.63) is 47.0 Å². The minimum absolute atomic E-state index is 0.206. The quantitative estimate of drug-likeness (QED) is 0.763. The van der Waals surface area contributed by atoms with Gasteiger partial charge in [0.2, 0.25) is 0 Å². The number of hydrogen-bond donors (Lipinski definition) is 1. The fraction of sp³-hybridized carbons (Fsp3) is 0.500. The summed E-state index contributed by atoms with van der Waals surface area (Å²) in [6, 6.07) is 8.01. The fourth-order valence-corrected chi connectivity index (χ4v) is 2.21. The predicted octanol–water partition coefficient (Wildman–Crippen LogP) is 4.76. The van der Waals surface area contributed by atoms with Gasteiger partial charge in [-0.2, -0.15) is 0 Å². The minimum Gasteiger partial charge on any atom is -0.326 e. The van der Waals surface area contributed by atoms with Crippen LogP contribution in [-0.4, -0.2) is 5.54 Å². The lowest BCUT2D eigenvalue weighted by Gasteiger charge is -2.29. The Hall–Kier alpha value is -0.790. The van der Waals surface area contributed by atoms with Crippen molar-refractivity contribution in [2.24, 2.45) is 11.7 Å². The molecule has 2 heteroatoms. The van der Waals surface area contributed by atoms with Gasteiger partial charge in [0, 0.05) is 16.5 Å². The zero-order valence-electron chi connectivity index (χ0n) is 11.8. The molecule has 1 nitrogen and oxygen atoms in total. The van der Waals surface area contributed by atoms with Gasteiger partial charge in [-0.3, -0.25) is 0 Å². The van der Waals surface area contributed by atoms with E-state index in [1.54, 1.807) is 0 Å². The highest BCUT2D eigenvalue weighted by Crippen LogP contribution is 2.34. The number of hydrogen-bond acceptors (Lipinski definition) is 1. The molecule has 0 heterocycles. The second-order valence-electron chi connectivity index (χ2n) is 6.03. The average molecular weight is 266 g/mol. The van der Waals surface area contributed by atoms with Gasteiger partial charge in [-0.05, 0) is 43.9 Å². The van der Waals surface area contributed by atoms with Crippen molar-refractivity contribution in [3.63, 3.8) is 0 Å². The number of nitrogens with two attached hydrogens (primary N) is 1. The molecule has 1 atom stereocenters. The van der Waals surface area contributed by atoms with Crippen molar-refractivity contribution in [2.75, 3.05) is 0 Å². The first-order chi connectivity index (χ1) is 8.20. The smallest absolute Gasteiger partial charge is 0.0406 e. The van der Waals surface area contributed by atoms with Gasteiger partial charge in [0.15, 0.2) is 0 Å². The SMILES string of the molecule is C=C(C(C)C)[C@@H](CC(C)(C)N)c1ccc(Cl)cc1. The third-order valence-electron chi connectivity index (χ3n) is 3.19. The molecular formula is C16H24ClN. The van der Waals surface area contributed by atoms with Crippen molar-refractivity contribution in [3.8, 4) is 0 Å². The van der Waals surface area contributed by atoms with Crippen LogP contribution in [0, 0.1) is 5.92 Å². The fourth-order valence-electron chi connectivity index (χ4n) is 2.09. The van der Waals surface area contributed by atoms with Crippen LogP contribution in [0.25, 0.3) is 0 Å². The Morgan fingerprint density at radius 1 is 1.28 bits per heavy atom. The standard InChI is InChI=1S/C16H24ClN/c1-11(2)12(3)15(10-16(4,5)18)13-6-8-14(17)9-7-13/h6-9,11,15H,3,10,18H2,1-2,4-5H3/t15-/m1/s1. The van der Waals surface area contributed by atoms with Crippen LogP contribution < -0.4 is 5.73 Å². The molecule has 0 aliphatic rings. The van der Waals surface area contributed by atoms with E-state index in [-0.39, 0.29) is 5.54 Å². The van der Waals surface area contributed by atoms with E-state index in [2.05, 4.69) is 46.4 Å². The maximum atomic E-state index is 6.17. The Bertz CT molecular complexity index is 398. The Balaban J connectivity index is 3.04. The lowest BCUT2D eigenvalue weighted by molar-refractivity contribution is 0.433. The summed E-state index contributed by atoms with van der Waals surface area (Å²) in [4.78, 5) is 0. The van der Waals surface area contributed by atoms with Crippen LogP contribution in [0.1, 0.15) is 45.6 Å². The third-order valence-corrected chi connectivity index (χ3v) is 3.44. The Morgan fingerprint density at radius 2 is 1.78 bits per heavy atom. The molecule has 1 rings (SSSR count). The average Bonchev–Trinajstić information content (AvgIpc) is 2.25. The lowest BCUT2D eigenvalue weighted by Crippen LogP contribution is -2.34. The van der Waals surface area contributed by atoms with Gasteiger partial charge < -0.3 is 5.73 Å². The predicted molar refractivity (Wildman–Crippen MR) is 81.1 cm³/mol. The summed E-state index contributed by atoms with van der Waals surface area (Å²) in [5.74, 6) is 0.746. The van der Waals surface area contributed by atoms with E-state index < -0.39 is 0 Å². The van der Waals surface area contributed by atoms with E-state index in [9.17, 15) is 0 Å². The van der Waals surface area contributed by atoms with Crippen molar-refractivity contribution in [2.45, 2.75) is 45.6 Å². The normalized spacial score (nSPS) is 13.7. The molecule has 18 heavy (non-hydrogen) atoms. The van der Waals surface area contributed by atoms with Gasteiger partial charge >= 0.3 is 0 Å². The molecule has 1 aromatic rings. The summed E-state index contributed by atoms with van der Waals surface area (Å²) in [5, 5.41) is 0.764. The molecule has 1 aromatic carbocycles. The van der Waals surface area contributed by atoms with Crippen LogP contribution in [0.5, 0.6) is 0 Å². The van der Waals surface area contributed by atoms with E-state index in [4.69, 9.17) is 17.3 Å². The molecule has 2 N–H and O–H groups in total. The second-order valence-corrected chi connectivity index (χ2v) is 6.46. The minimum atomic E-state index is -0.206. The first-order valence-corrected chi connectivity index (χ1v) is 6.81. The molecule has 0 fully saturated rings. The van der Waals surface area contributed by atoms with E-state index in [0.717, 1.165) is 11.4 Å². The molecule has 0 spiro atoms. The van der Waals surface area contributed by atoms with Crippen LogP contribution in [0.2, 0.25) is 5.02 Å². The molecule has 0 aliphatic carbocycles. The summed E-state index contributed by atoms with van der Waals surface area (Å²) in [5.41, 5.74) is 8.45. The first-order valence-electron chi connectivity index (χ1n) is 6.44. The van der Waals surface area contributed by atoms with Crippen molar-refractivity contribution in [1.29, 1.82) is 0 Å². The summed E-state index contributed by atoms with van der Waals surface area (Å²) in [7, 11) is 0. The molecule has 0 aliphatic heterocycles. The zero-order valence-corrected chi connectivity index (χ0v) is 12.6. The lowest BCUT2D eigenvalue weighted by atomic mass is 9.78. The van der Waals surface area contributed by atoms with Gasteiger partial charge in [-0.15, -0.1) is 0 Å². The largest absolute Gasteiger partial charge is 0.326 e. The highest BCUT2D eigenvalue weighted by molar-refractivity contribution is 6.30. The molecule has 0 aromatic heterocycles. The van der Waals surface area contributed by atoms with Crippen LogP contribution in [-0.2, 0) is 0 Å². The topological polar surface area (TPSA) is 26.0 Å².